The third-order valence-corrected chi connectivity index (χ3v) is 5.79. The molecule has 4 nitrogen and oxygen atoms in total. The first kappa shape index (κ1) is 21.7. The zero-order valence-electron chi connectivity index (χ0n) is 17.2. The Morgan fingerprint density at radius 3 is 2.30 bits per heavy atom. The number of hydrogen-bond donors (Lipinski definition) is 2. The summed E-state index contributed by atoms with van der Waals surface area (Å²) >= 11 is 1.49. The average Bonchev–Trinajstić information content (AvgIpc) is 2.76. The Balaban J connectivity index is 1.58. The van der Waals surface area contributed by atoms with Gasteiger partial charge in [-0.1, -0.05) is 60.2 Å². The van der Waals surface area contributed by atoms with Crippen LogP contribution < -0.4 is 10.6 Å². The Bertz CT molecular complexity index is 988. The van der Waals surface area contributed by atoms with Crippen LogP contribution in [0.2, 0.25) is 0 Å². The molecule has 1 atom stereocenters. The van der Waals surface area contributed by atoms with Crippen molar-refractivity contribution >= 4 is 29.3 Å². The number of thioether (sulfide) groups is 1. The molecular weight excluding hydrogens is 392 g/mol. The van der Waals surface area contributed by atoms with Crippen molar-refractivity contribution in [3.63, 3.8) is 0 Å². The predicted octanol–water partition coefficient (Wildman–Crippen LogP) is 5.09. The van der Waals surface area contributed by atoms with E-state index in [1.807, 2.05) is 74.5 Å². The minimum absolute atomic E-state index is 0.134. The number of anilines is 1. The van der Waals surface area contributed by atoms with Crippen molar-refractivity contribution in [1.29, 1.82) is 0 Å². The van der Waals surface area contributed by atoms with Crippen molar-refractivity contribution < 1.29 is 9.59 Å². The molecule has 0 bridgehead atoms. The van der Waals surface area contributed by atoms with Gasteiger partial charge >= 0.3 is 0 Å². The van der Waals surface area contributed by atoms with E-state index in [0.717, 1.165) is 11.3 Å². The van der Waals surface area contributed by atoms with E-state index in [4.69, 9.17) is 0 Å². The lowest BCUT2D eigenvalue weighted by atomic mass is 10.1. The molecule has 0 saturated heterocycles. The lowest BCUT2D eigenvalue weighted by Gasteiger charge is -2.15. The van der Waals surface area contributed by atoms with Crippen molar-refractivity contribution in [2.45, 2.75) is 30.4 Å². The molecule has 0 fully saturated rings. The van der Waals surface area contributed by atoms with E-state index >= 15 is 0 Å². The molecular formula is C25H26N2O2S. The van der Waals surface area contributed by atoms with Crippen molar-refractivity contribution in [1.82, 2.24) is 5.32 Å². The largest absolute Gasteiger partial charge is 0.352 e. The van der Waals surface area contributed by atoms with Gasteiger partial charge in [0.25, 0.3) is 5.91 Å². The van der Waals surface area contributed by atoms with Gasteiger partial charge in [-0.25, -0.2) is 0 Å². The Morgan fingerprint density at radius 1 is 0.900 bits per heavy atom. The van der Waals surface area contributed by atoms with Gasteiger partial charge in [0.15, 0.2) is 0 Å². The first-order valence-corrected chi connectivity index (χ1v) is 10.9. The van der Waals surface area contributed by atoms with Crippen molar-refractivity contribution in [2.24, 2.45) is 0 Å². The number of rotatable bonds is 8. The van der Waals surface area contributed by atoms with Gasteiger partial charge in [-0.2, -0.15) is 0 Å². The molecule has 0 saturated carbocycles. The van der Waals surface area contributed by atoms with Crippen LogP contribution in [0.1, 0.15) is 28.4 Å². The van der Waals surface area contributed by atoms with Gasteiger partial charge in [-0.15, -0.1) is 11.8 Å². The maximum Gasteiger partial charge on any atom is 0.253 e. The van der Waals surface area contributed by atoms with Crippen LogP contribution in [0.3, 0.4) is 0 Å². The molecule has 154 valence electrons. The quantitative estimate of drug-likeness (QED) is 0.501. The smallest absolute Gasteiger partial charge is 0.253 e. The molecule has 0 radical (unpaired) electrons. The van der Waals surface area contributed by atoms with E-state index in [0.29, 0.717) is 17.8 Å². The van der Waals surface area contributed by atoms with Crippen LogP contribution in [0.25, 0.3) is 0 Å². The van der Waals surface area contributed by atoms with Gasteiger partial charge in [-0.05, 0) is 50.1 Å². The van der Waals surface area contributed by atoms with E-state index in [1.54, 1.807) is 18.2 Å². The summed E-state index contributed by atoms with van der Waals surface area (Å²) in [6.45, 7) is 4.43. The predicted molar refractivity (Wildman–Crippen MR) is 124 cm³/mol. The summed E-state index contributed by atoms with van der Waals surface area (Å²) < 4.78 is 0. The van der Waals surface area contributed by atoms with Crippen molar-refractivity contribution in [3.05, 3.63) is 95.6 Å². The third-order valence-electron chi connectivity index (χ3n) is 4.67. The van der Waals surface area contributed by atoms with Crippen LogP contribution >= 0.6 is 11.8 Å². The van der Waals surface area contributed by atoms with Gasteiger partial charge in [0.1, 0.15) is 0 Å². The maximum absolute atomic E-state index is 12.7. The molecule has 1 unspecified atom stereocenters. The maximum atomic E-state index is 12.7. The van der Waals surface area contributed by atoms with Gasteiger partial charge in [0.05, 0.1) is 16.5 Å². The van der Waals surface area contributed by atoms with Crippen molar-refractivity contribution in [3.8, 4) is 0 Å². The number of amides is 2. The van der Waals surface area contributed by atoms with Crippen molar-refractivity contribution in [2.75, 3.05) is 11.9 Å². The highest BCUT2D eigenvalue weighted by Crippen LogP contribution is 2.25. The molecule has 30 heavy (non-hydrogen) atoms. The molecule has 3 aromatic carbocycles. The summed E-state index contributed by atoms with van der Waals surface area (Å²) in [6, 6.07) is 25.2. The lowest BCUT2D eigenvalue weighted by Crippen LogP contribution is -2.28. The van der Waals surface area contributed by atoms with E-state index in [1.165, 1.54) is 22.9 Å². The average molecular weight is 419 g/mol. The normalized spacial score (nSPS) is 11.5. The SMILES string of the molecule is Cc1ccc(SC(C)C(=O)Nc2ccccc2C(=O)NCCc2ccccc2)cc1. The van der Waals surface area contributed by atoms with Gasteiger partial charge in [0, 0.05) is 11.4 Å². The molecule has 0 aliphatic carbocycles. The molecule has 0 aliphatic rings. The molecule has 0 heterocycles. The zero-order chi connectivity index (χ0) is 21.3. The van der Waals surface area contributed by atoms with Crippen LogP contribution in [0.15, 0.2) is 83.8 Å². The Kier molecular flexibility index (Phi) is 7.69. The third kappa shape index (κ3) is 6.22. The van der Waals surface area contributed by atoms with Crippen LogP contribution in [-0.4, -0.2) is 23.6 Å². The Morgan fingerprint density at radius 2 is 1.57 bits per heavy atom. The summed E-state index contributed by atoms with van der Waals surface area (Å²) in [5, 5.41) is 5.56. The molecule has 3 aromatic rings. The molecule has 0 aromatic heterocycles. The van der Waals surface area contributed by atoms with E-state index in [9.17, 15) is 9.59 Å². The zero-order valence-corrected chi connectivity index (χ0v) is 18.0. The van der Waals surface area contributed by atoms with E-state index in [-0.39, 0.29) is 17.1 Å². The number of para-hydroxylation sites is 1. The van der Waals surface area contributed by atoms with Crippen LogP contribution in [-0.2, 0) is 11.2 Å². The fourth-order valence-corrected chi connectivity index (χ4v) is 3.83. The van der Waals surface area contributed by atoms with Crippen LogP contribution in [0.4, 0.5) is 5.69 Å². The number of nitrogens with one attached hydrogen (secondary N) is 2. The fourth-order valence-electron chi connectivity index (χ4n) is 2.96. The van der Waals surface area contributed by atoms with E-state index in [2.05, 4.69) is 10.6 Å². The lowest BCUT2D eigenvalue weighted by molar-refractivity contribution is -0.115. The molecule has 5 heteroatoms. The second-order valence-corrected chi connectivity index (χ2v) is 8.51. The van der Waals surface area contributed by atoms with Gasteiger partial charge < -0.3 is 10.6 Å². The Labute approximate surface area is 182 Å². The second kappa shape index (κ2) is 10.6. The second-order valence-electron chi connectivity index (χ2n) is 7.10. The molecule has 2 amide bonds. The minimum atomic E-state index is -0.290. The topological polar surface area (TPSA) is 58.2 Å². The van der Waals surface area contributed by atoms with Crippen LogP contribution in [0.5, 0.6) is 0 Å². The van der Waals surface area contributed by atoms with E-state index < -0.39 is 0 Å². The summed E-state index contributed by atoms with van der Waals surface area (Å²) in [5.41, 5.74) is 3.34. The Hall–Kier alpha value is -3.05. The highest BCUT2D eigenvalue weighted by molar-refractivity contribution is 8.00. The summed E-state index contributed by atoms with van der Waals surface area (Å²) in [5.74, 6) is -0.328. The number of hydrogen-bond acceptors (Lipinski definition) is 3. The number of carbonyl (C=O) groups is 2. The molecule has 2 N–H and O–H groups in total. The number of aryl methyl sites for hydroxylation is 1. The minimum Gasteiger partial charge on any atom is -0.352 e. The van der Waals surface area contributed by atoms with Crippen LogP contribution in [0, 0.1) is 6.92 Å². The monoisotopic (exact) mass is 418 g/mol. The first-order chi connectivity index (χ1) is 14.5. The first-order valence-electron chi connectivity index (χ1n) is 9.98. The fraction of sp³-hybridized carbons (Fsp3) is 0.200. The molecule has 3 rings (SSSR count). The highest BCUT2D eigenvalue weighted by Gasteiger charge is 2.18. The summed E-state index contributed by atoms with van der Waals surface area (Å²) in [4.78, 5) is 26.4. The highest BCUT2D eigenvalue weighted by atomic mass is 32.2. The standard InChI is InChI=1S/C25H26N2O2S/c1-18-12-14-21(15-13-18)30-19(2)24(28)27-23-11-7-6-10-22(23)25(29)26-17-16-20-8-4-3-5-9-20/h3-15,19H,16-17H2,1-2H3,(H,26,29)(H,27,28). The number of benzene rings is 3. The molecule has 0 aliphatic heterocycles. The van der Waals surface area contributed by atoms with Gasteiger partial charge in [-0.3, -0.25) is 9.59 Å². The summed E-state index contributed by atoms with van der Waals surface area (Å²) in [6.07, 6.45) is 0.755. The summed E-state index contributed by atoms with van der Waals surface area (Å²) in [7, 11) is 0. The number of carbonyl (C=O) groups excluding carboxylic acids is 2. The van der Waals surface area contributed by atoms with Gasteiger partial charge in [0.2, 0.25) is 5.91 Å². The molecule has 0 spiro atoms.